The number of carbonyl (C=O) groups is 1. The summed E-state index contributed by atoms with van der Waals surface area (Å²) in [7, 11) is 0. The predicted octanol–water partition coefficient (Wildman–Crippen LogP) is 2.66. The SMILES string of the molecule is Cc1nccc(C(=O)Cc2ccc(F)cc2C)n1. The smallest absolute Gasteiger partial charge is 0.185 e. The summed E-state index contributed by atoms with van der Waals surface area (Å²) >= 11 is 0. The predicted molar refractivity (Wildman–Crippen MR) is 65.9 cm³/mol. The highest BCUT2D eigenvalue weighted by atomic mass is 19.1. The van der Waals surface area contributed by atoms with Crippen LogP contribution >= 0.6 is 0 Å². The van der Waals surface area contributed by atoms with Crippen LogP contribution in [0.5, 0.6) is 0 Å². The maximum absolute atomic E-state index is 13.0. The third-order valence-electron chi connectivity index (χ3n) is 2.72. The maximum Gasteiger partial charge on any atom is 0.185 e. The van der Waals surface area contributed by atoms with E-state index in [4.69, 9.17) is 0 Å². The number of nitrogens with zero attached hydrogens (tertiary/aromatic N) is 2. The third-order valence-corrected chi connectivity index (χ3v) is 2.72. The van der Waals surface area contributed by atoms with Gasteiger partial charge in [-0.05, 0) is 43.2 Å². The molecule has 0 N–H and O–H groups in total. The molecule has 0 aliphatic rings. The molecule has 1 aromatic heterocycles. The molecule has 1 aromatic carbocycles. The van der Waals surface area contributed by atoms with E-state index >= 15 is 0 Å². The Morgan fingerprint density at radius 3 is 2.72 bits per heavy atom. The molecule has 0 amide bonds. The van der Waals surface area contributed by atoms with Crippen molar-refractivity contribution in [2.24, 2.45) is 0 Å². The van der Waals surface area contributed by atoms with E-state index in [1.807, 2.05) is 0 Å². The fraction of sp³-hybridized carbons (Fsp3) is 0.214. The summed E-state index contributed by atoms with van der Waals surface area (Å²) in [5, 5.41) is 0. The van der Waals surface area contributed by atoms with E-state index in [0.717, 1.165) is 11.1 Å². The summed E-state index contributed by atoms with van der Waals surface area (Å²) in [6, 6.07) is 6.01. The Hall–Kier alpha value is -2.10. The Balaban J connectivity index is 2.21. The van der Waals surface area contributed by atoms with E-state index in [1.54, 1.807) is 32.2 Å². The number of Topliss-reactive ketones (excluding diaryl/α,β-unsaturated/α-hetero) is 1. The van der Waals surface area contributed by atoms with Crippen molar-refractivity contribution in [1.82, 2.24) is 9.97 Å². The number of rotatable bonds is 3. The van der Waals surface area contributed by atoms with Gasteiger partial charge in [-0.3, -0.25) is 4.79 Å². The lowest BCUT2D eigenvalue weighted by Gasteiger charge is -2.05. The number of halogens is 1. The lowest BCUT2D eigenvalue weighted by molar-refractivity contribution is 0.0987. The van der Waals surface area contributed by atoms with Gasteiger partial charge in [0.05, 0.1) is 0 Å². The zero-order valence-corrected chi connectivity index (χ0v) is 10.3. The Morgan fingerprint density at radius 1 is 1.28 bits per heavy atom. The average molecular weight is 244 g/mol. The molecule has 0 aliphatic carbocycles. The molecule has 0 bridgehead atoms. The fourth-order valence-electron chi connectivity index (χ4n) is 1.73. The number of hydrogen-bond acceptors (Lipinski definition) is 3. The van der Waals surface area contributed by atoms with Gasteiger partial charge < -0.3 is 0 Å². The van der Waals surface area contributed by atoms with Crippen LogP contribution < -0.4 is 0 Å². The number of aromatic nitrogens is 2. The summed E-state index contributed by atoms with van der Waals surface area (Å²) in [5.41, 5.74) is 1.98. The quantitative estimate of drug-likeness (QED) is 0.779. The standard InChI is InChI=1S/C14H13FN2O/c1-9-7-12(15)4-3-11(9)8-14(18)13-5-6-16-10(2)17-13/h3-7H,8H2,1-2H3. The normalized spacial score (nSPS) is 10.4. The van der Waals surface area contributed by atoms with Crippen LogP contribution in [0.3, 0.4) is 0 Å². The van der Waals surface area contributed by atoms with E-state index in [0.29, 0.717) is 11.5 Å². The van der Waals surface area contributed by atoms with Gasteiger partial charge >= 0.3 is 0 Å². The Kier molecular flexibility index (Phi) is 3.46. The second kappa shape index (κ2) is 5.04. The van der Waals surface area contributed by atoms with Gasteiger partial charge in [-0.2, -0.15) is 0 Å². The van der Waals surface area contributed by atoms with Crippen LogP contribution in [-0.2, 0) is 6.42 Å². The lowest BCUT2D eigenvalue weighted by atomic mass is 10.0. The minimum absolute atomic E-state index is 0.0878. The zero-order chi connectivity index (χ0) is 13.1. The molecule has 18 heavy (non-hydrogen) atoms. The monoisotopic (exact) mass is 244 g/mol. The molecule has 2 rings (SSSR count). The van der Waals surface area contributed by atoms with Crippen molar-refractivity contribution < 1.29 is 9.18 Å². The van der Waals surface area contributed by atoms with Gasteiger partial charge in [-0.25, -0.2) is 14.4 Å². The van der Waals surface area contributed by atoms with Crippen molar-refractivity contribution in [1.29, 1.82) is 0 Å². The van der Waals surface area contributed by atoms with E-state index in [9.17, 15) is 9.18 Å². The number of hydrogen-bond donors (Lipinski definition) is 0. The summed E-state index contributed by atoms with van der Waals surface area (Å²) < 4.78 is 13.0. The Bertz CT molecular complexity index is 596. The van der Waals surface area contributed by atoms with Crippen molar-refractivity contribution in [3.63, 3.8) is 0 Å². The number of benzene rings is 1. The second-order valence-corrected chi connectivity index (χ2v) is 4.16. The van der Waals surface area contributed by atoms with Crippen molar-refractivity contribution in [2.75, 3.05) is 0 Å². The first-order valence-electron chi connectivity index (χ1n) is 5.64. The highest BCUT2D eigenvalue weighted by molar-refractivity contribution is 5.95. The van der Waals surface area contributed by atoms with Gasteiger partial charge in [-0.1, -0.05) is 6.07 Å². The van der Waals surface area contributed by atoms with Crippen LogP contribution in [0.4, 0.5) is 4.39 Å². The zero-order valence-electron chi connectivity index (χ0n) is 10.3. The minimum atomic E-state index is -0.290. The molecular weight excluding hydrogens is 231 g/mol. The topological polar surface area (TPSA) is 42.9 Å². The van der Waals surface area contributed by atoms with Crippen molar-refractivity contribution in [2.45, 2.75) is 20.3 Å². The molecule has 0 saturated heterocycles. The van der Waals surface area contributed by atoms with Crippen LogP contribution in [0.1, 0.15) is 27.4 Å². The highest BCUT2D eigenvalue weighted by Crippen LogP contribution is 2.12. The lowest BCUT2D eigenvalue weighted by Crippen LogP contribution is -2.08. The van der Waals surface area contributed by atoms with Gasteiger partial charge in [0, 0.05) is 12.6 Å². The molecule has 4 heteroatoms. The van der Waals surface area contributed by atoms with Gasteiger partial charge in [0.2, 0.25) is 0 Å². The molecular formula is C14H13FN2O. The van der Waals surface area contributed by atoms with Gasteiger partial charge in [0.15, 0.2) is 5.78 Å². The van der Waals surface area contributed by atoms with Gasteiger partial charge in [0.25, 0.3) is 0 Å². The Labute approximate surface area is 105 Å². The van der Waals surface area contributed by atoms with Crippen molar-refractivity contribution in [3.8, 4) is 0 Å². The molecule has 0 fully saturated rings. The van der Waals surface area contributed by atoms with Crippen molar-refractivity contribution >= 4 is 5.78 Å². The number of carbonyl (C=O) groups excluding carboxylic acids is 1. The van der Waals surface area contributed by atoms with Gasteiger partial charge in [-0.15, -0.1) is 0 Å². The van der Waals surface area contributed by atoms with Gasteiger partial charge in [0.1, 0.15) is 17.3 Å². The summed E-state index contributed by atoms with van der Waals surface area (Å²) in [5.74, 6) is 0.188. The summed E-state index contributed by atoms with van der Waals surface area (Å²) in [6.07, 6.45) is 1.79. The van der Waals surface area contributed by atoms with Crippen LogP contribution in [-0.4, -0.2) is 15.8 Å². The molecule has 0 unspecified atom stereocenters. The van der Waals surface area contributed by atoms with Crippen LogP contribution in [0.25, 0.3) is 0 Å². The molecule has 0 aliphatic heterocycles. The fourth-order valence-corrected chi connectivity index (χ4v) is 1.73. The van der Waals surface area contributed by atoms with Crippen LogP contribution in [0.15, 0.2) is 30.5 Å². The summed E-state index contributed by atoms with van der Waals surface area (Å²) in [4.78, 5) is 20.0. The number of ketones is 1. The molecule has 3 nitrogen and oxygen atoms in total. The molecule has 1 heterocycles. The van der Waals surface area contributed by atoms with Crippen LogP contribution in [0.2, 0.25) is 0 Å². The molecule has 0 saturated carbocycles. The summed E-state index contributed by atoms with van der Waals surface area (Å²) in [6.45, 7) is 3.52. The largest absolute Gasteiger partial charge is 0.292 e. The molecule has 0 radical (unpaired) electrons. The maximum atomic E-state index is 13.0. The molecule has 2 aromatic rings. The highest BCUT2D eigenvalue weighted by Gasteiger charge is 2.11. The number of aryl methyl sites for hydroxylation is 2. The first-order chi connectivity index (χ1) is 8.56. The third kappa shape index (κ3) is 2.77. The Morgan fingerprint density at radius 2 is 2.06 bits per heavy atom. The second-order valence-electron chi connectivity index (χ2n) is 4.16. The van der Waals surface area contributed by atoms with E-state index in [2.05, 4.69) is 9.97 Å². The minimum Gasteiger partial charge on any atom is -0.292 e. The van der Waals surface area contributed by atoms with Crippen LogP contribution in [0, 0.1) is 19.7 Å². The van der Waals surface area contributed by atoms with E-state index < -0.39 is 0 Å². The van der Waals surface area contributed by atoms with Crippen molar-refractivity contribution in [3.05, 3.63) is 58.9 Å². The molecule has 0 spiro atoms. The van der Waals surface area contributed by atoms with E-state index in [1.165, 1.54) is 12.1 Å². The average Bonchev–Trinajstić information content (AvgIpc) is 2.32. The molecule has 0 atom stereocenters. The molecule has 92 valence electrons. The first kappa shape index (κ1) is 12.4. The first-order valence-corrected chi connectivity index (χ1v) is 5.64. The van der Waals surface area contributed by atoms with E-state index in [-0.39, 0.29) is 18.0 Å².